The van der Waals surface area contributed by atoms with Crippen LogP contribution in [0.1, 0.15) is 28.8 Å². The van der Waals surface area contributed by atoms with Gasteiger partial charge in [-0.05, 0) is 56.2 Å². The Hall–Kier alpha value is -2.65. The third-order valence-electron chi connectivity index (χ3n) is 4.12. The zero-order chi connectivity index (χ0) is 17.4. The molecule has 0 radical (unpaired) electrons. The minimum Gasteiger partial charge on any atom is -0.462 e. The van der Waals surface area contributed by atoms with Crippen LogP contribution >= 0.6 is 12.6 Å². The van der Waals surface area contributed by atoms with E-state index in [1.54, 1.807) is 4.90 Å². The lowest BCUT2D eigenvalue weighted by Gasteiger charge is -2.36. The molecule has 0 saturated carbocycles. The number of rotatable bonds is 2. The van der Waals surface area contributed by atoms with Crippen LogP contribution in [0.5, 0.6) is 0 Å². The number of carbonyl (C=O) groups is 1. The first-order chi connectivity index (χ1) is 11.4. The molecule has 0 saturated heterocycles. The molecule has 0 spiro atoms. The van der Waals surface area contributed by atoms with Gasteiger partial charge in [0.2, 0.25) is 0 Å². The van der Waals surface area contributed by atoms with Crippen molar-refractivity contribution in [2.75, 3.05) is 4.90 Å². The Kier molecular flexibility index (Phi) is 4.12. The lowest BCUT2D eigenvalue weighted by atomic mass is 10.1. The Labute approximate surface area is 146 Å². The van der Waals surface area contributed by atoms with Gasteiger partial charge in [0.1, 0.15) is 23.2 Å². The van der Waals surface area contributed by atoms with Crippen LogP contribution < -0.4 is 10.2 Å². The first kappa shape index (κ1) is 16.2. The molecule has 1 atom stereocenters. The van der Waals surface area contributed by atoms with Crippen LogP contribution in [0, 0.1) is 32.1 Å². The minimum absolute atomic E-state index is 0.0175. The van der Waals surface area contributed by atoms with Crippen molar-refractivity contribution in [3.05, 3.63) is 63.6 Å². The molecule has 1 aromatic heterocycles. The fourth-order valence-electron chi connectivity index (χ4n) is 2.65. The molecule has 1 aliphatic rings. The van der Waals surface area contributed by atoms with E-state index in [4.69, 9.17) is 4.42 Å². The van der Waals surface area contributed by atoms with Crippen LogP contribution in [0.2, 0.25) is 0 Å². The quantitative estimate of drug-likeness (QED) is 0.822. The molecule has 1 N–H and O–H groups in total. The van der Waals surface area contributed by atoms with E-state index in [1.165, 1.54) is 0 Å². The second kappa shape index (κ2) is 6.10. The van der Waals surface area contributed by atoms with Crippen LogP contribution in [0.4, 0.5) is 5.69 Å². The minimum atomic E-state index is -0.557. The number of hydrogen-bond acceptors (Lipinski definition) is 5. The van der Waals surface area contributed by atoms with Gasteiger partial charge in [-0.25, -0.2) is 0 Å². The van der Waals surface area contributed by atoms with Gasteiger partial charge in [0, 0.05) is 5.69 Å². The molecule has 1 aliphatic heterocycles. The van der Waals surface area contributed by atoms with E-state index in [0.29, 0.717) is 10.8 Å². The molecule has 1 unspecified atom stereocenters. The fourth-order valence-corrected chi connectivity index (χ4v) is 3.03. The largest absolute Gasteiger partial charge is 0.462 e. The number of anilines is 1. The van der Waals surface area contributed by atoms with Crippen molar-refractivity contribution in [3.8, 4) is 6.07 Å². The maximum absolute atomic E-state index is 12.2. The second-order valence-corrected chi connectivity index (χ2v) is 6.20. The van der Waals surface area contributed by atoms with Crippen molar-refractivity contribution in [1.82, 2.24) is 5.32 Å². The summed E-state index contributed by atoms with van der Waals surface area (Å²) in [5.74, 6) is 0.874. The predicted molar refractivity (Wildman–Crippen MR) is 94.3 cm³/mol. The summed E-state index contributed by atoms with van der Waals surface area (Å²) < 4.78 is 5.70. The number of carbonyl (C=O) groups excluding carboxylic acids is 1. The SMILES string of the molecule is Cc1ccc(C2NC(=O)C(C#N)=C(S)N2c2ccc(C)c(C)c2)o1. The van der Waals surface area contributed by atoms with Gasteiger partial charge in [-0.3, -0.25) is 4.79 Å². The summed E-state index contributed by atoms with van der Waals surface area (Å²) in [4.78, 5) is 14.0. The van der Waals surface area contributed by atoms with E-state index in [1.807, 2.05) is 57.2 Å². The number of nitrogens with zero attached hydrogens (tertiary/aromatic N) is 2. The lowest BCUT2D eigenvalue weighted by Crippen LogP contribution is -2.45. The van der Waals surface area contributed by atoms with Crippen molar-refractivity contribution in [1.29, 1.82) is 5.26 Å². The Bertz CT molecular complexity index is 892. The molecule has 3 rings (SSSR count). The normalized spacial score (nSPS) is 17.7. The van der Waals surface area contributed by atoms with Gasteiger partial charge in [0.15, 0.2) is 6.17 Å². The van der Waals surface area contributed by atoms with Gasteiger partial charge in [-0.2, -0.15) is 5.26 Å². The van der Waals surface area contributed by atoms with E-state index >= 15 is 0 Å². The first-order valence-electron chi connectivity index (χ1n) is 7.49. The number of benzene rings is 1. The van der Waals surface area contributed by atoms with Crippen molar-refractivity contribution < 1.29 is 9.21 Å². The third kappa shape index (κ3) is 2.68. The monoisotopic (exact) mass is 339 g/mol. The average molecular weight is 339 g/mol. The highest BCUT2D eigenvalue weighted by molar-refractivity contribution is 7.84. The number of aryl methyl sites for hydroxylation is 3. The van der Waals surface area contributed by atoms with Crippen molar-refractivity contribution in [3.63, 3.8) is 0 Å². The summed E-state index contributed by atoms with van der Waals surface area (Å²) in [6, 6.07) is 11.5. The molecular weight excluding hydrogens is 322 g/mol. The summed E-state index contributed by atoms with van der Waals surface area (Å²) in [7, 11) is 0. The van der Waals surface area contributed by atoms with E-state index < -0.39 is 12.1 Å². The molecule has 2 aromatic rings. The van der Waals surface area contributed by atoms with Gasteiger partial charge < -0.3 is 14.6 Å². The Morgan fingerprint density at radius 2 is 1.96 bits per heavy atom. The number of amides is 1. The van der Waals surface area contributed by atoms with Crippen LogP contribution in [0.25, 0.3) is 0 Å². The van der Waals surface area contributed by atoms with E-state index in [0.717, 1.165) is 22.6 Å². The van der Waals surface area contributed by atoms with E-state index in [2.05, 4.69) is 17.9 Å². The van der Waals surface area contributed by atoms with E-state index in [9.17, 15) is 10.1 Å². The first-order valence-corrected chi connectivity index (χ1v) is 7.94. The Morgan fingerprint density at radius 3 is 2.54 bits per heavy atom. The van der Waals surface area contributed by atoms with Crippen LogP contribution in [0.15, 0.2) is 45.4 Å². The van der Waals surface area contributed by atoms with Gasteiger partial charge in [0.05, 0.1) is 5.03 Å². The molecule has 0 aliphatic carbocycles. The molecule has 0 fully saturated rings. The molecule has 1 amide bonds. The number of nitrogens with one attached hydrogen (secondary N) is 1. The smallest absolute Gasteiger partial charge is 0.266 e. The maximum atomic E-state index is 12.2. The molecule has 0 bridgehead atoms. The maximum Gasteiger partial charge on any atom is 0.266 e. The highest BCUT2D eigenvalue weighted by atomic mass is 32.1. The van der Waals surface area contributed by atoms with Gasteiger partial charge in [-0.15, -0.1) is 12.6 Å². The van der Waals surface area contributed by atoms with Crippen molar-refractivity contribution in [2.24, 2.45) is 0 Å². The van der Waals surface area contributed by atoms with Gasteiger partial charge in [0.25, 0.3) is 5.91 Å². The molecule has 5 nitrogen and oxygen atoms in total. The summed E-state index contributed by atoms with van der Waals surface area (Å²) >= 11 is 4.46. The zero-order valence-corrected chi connectivity index (χ0v) is 14.5. The van der Waals surface area contributed by atoms with Crippen molar-refractivity contribution in [2.45, 2.75) is 26.9 Å². The zero-order valence-electron chi connectivity index (χ0n) is 13.6. The van der Waals surface area contributed by atoms with Crippen molar-refractivity contribution >= 4 is 24.2 Å². The third-order valence-corrected chi connectivity index (χ3v) is 4.56. The van der Waals surface area contributed by atoms with Crippen LogP contribution in [0.3, 0.4) is 0 Å². The highest BCUT2D eigenvalue weighted by Crippen LogP contribution is 2.36. The summed E-state index contributed by atoms with van der Waals surface area (Å²) in [6.07, 6.45) is -0.557. The number of hydrogen-bond donors (Lipinski definition) is 2. The van der Waals surface area contributed by atoms with Crippen LogP contribution in [-0.2, 0) is 4.79 Å². The van der Waals surface area contributed by atoms with Crippen LogP contribution in [-0.4, -0.2) is 5.91 Å². The highest BCUT2D eigenvalue weighted by Gasteiger charge is 2.35. The molecule has 2 heterocycles. The summed E-state index contributed by atoms with van der Waals surface area (Å²) in [5.41, 5.74) is 3.08. The molecular formula is C18H17N3O2S. The number of nitriles is 1. The molecule has 122 valence electrons. The number of thiol groups is 1. The fraction of sp³-hybridized carbons (Fsp3) is 0.222. The molecule has 1 aromatic carbocycles. The molecule has 24 heavy (non-hydrogen) atoms. The Balaban J connectivity index is 2.17. The van der Waals surface area contributed by atoms with Gasteiger partial charge >= 0.3 is 0 Å². The summed E-state index contributed by atoms with van der Waals surface area (Å²) in [6.45, 7) is 5.88. The predicted octanol–water partition coefficient (Wildman–Crippen LogP) is 3.50. The van der Waals surface area contributed by atoms with E-state index in [-0.39, 0.29) is 5.57 Å². The molecule has 6 heteroatoms. The van der Waals surface area contributed by atoms with Gasteiger partial charge in [-0.1, -0.05) is 6.07 Å². The second-order valence-electron chi connectivity index (χ2n) is 5.77. The Morgan fingerprint density at radius 1 is 1.21 bits per heavy atom. The standard InChI is InChI=1S/C18H17N3O2S/c1-10-4-6-13(8-11(10)2)21-16(15-7-5-12(3)23-15)20-17(22)14(9-19)18(21)24/h4-8,16,24H,1-3H3,(H,20,22). The average Bonchev–Trinajstić information content (AvgIpc) is 2.96. The summed E-state index contributed by atoms with van der Waals surface area (Å²) in [5, 5.41) is 12.4. The number of furan rings is 1. The topological polar surface area (TPSA) is 69.3 Å². The lowest BCUT2D eigenvalue weighted by molar-refractivity contribution is -0.118.